The second-order valence-corrected chi connectivity index (χ2v) is 5.72. The Balaban J connectivity index is 3.04. The second-order valence-electron chi connectivity index (χ2n) is 5.72. The lowest BCUT2D eigenvalue weighted by atomic mass is 9.92. The van der Waals surface area contributed by atoms with E-state index in [0.29, 0.717) is 11.7 Å². The van der Waals surface area contributed by atoms with Crippen LogP contribution >= 0.6 is 0 Å². The smallest absolute Gasteiger partial charge is 0.349 e. The highest BCUT2D eigenvalue weighted by Crippen LogP contribution is 2.30. The van der Waals surface area contributed by atoms with E-state index in [1.54, 1.807) is 19.9 Å². The van der Waals surface area contributed by atoms with E-state index in [0.717, 1.165) is 24.8 Å². The Morgan fingerprint density at radius 1 is 1.29 bits per heavy atom. The number of hydrogen-bond donors (Lipinski definition) is 0. The van der Waals surface area contributed by atoms with E-state index in [1.165, 1.54) is 13.2 Å². The third-order valence-corrected chi connectivity index (χ3v) is 3.54. The summed E-state index contributed by atoms with van der Waals surface area (Å²) < 4.78 is 24.2. The van der Waals surface area contributed by atoms with E-state index in [4.69, 9.17) is 9.47 Å². The molecular weight excluding hydrogens is 271 g/mol. The molecule has 0 saturated heterocycles. The third kappa shape index (κ3) is 4.73. The molecular formula is C17H25FO3. The van der Waals surface area contributed by atoms with Gasteiger partial charge >= 0.3 is 5.97 Å². The topological polar surface area (TPSA) is 35.5 Å². The molecule has 0 heterocycles. The molecule has 0 fully saturated rings. The Hall–Kier alpha value is -1.58. The monoisotopic (exact) mass is 296 g/mol. The van der Waals surface area contributed by atoms with Gasteiger partial charge in [-0.2, -0.15) is 0 Å². The number of carbonyl (C=O) groups excluding carboxylic acids is 1. The van der Waals surface area contributed by atoms with Crippen LogP contribution in [0, 0.1) is 5.82 Å². The van der Waals surface area contributed by atoms with E-state index in [-0.39, 0.29) is 5.82 Å². The van der Waals surface area contributed by atoms with Crippen molar-refractivity contribution in [1.82, 2.24) is 0 Å². The molecule has 1 rings (SSSR count). The minimum absolute atomic E-state index is 0.300. The normalized spacial score (nSPS) is 12.9. The fraction of sp³-hybridized carbons (Fsp3) is 0.588. The van der Waals surface area contributed by atoms with Crippen LogP contribution in [0.2, 0.25) is 0 Å². The maximum Gasteiger partial charge on any atom is 0.349 e. The van der Waals surface area contributed by atoms with Gasteiger partial charge in [0.25, 0.3) is 0 Å². The molecule has 21 heavy (non-hydrogen) atoms. The fourth-order valence-corrected chi connectivity index (χ4v) is 2.42. The molecule has 0 aliphatic heterocycles. The number of halogens is 1. The molecule has 0 amide bonds. The highest BCUT2D eigenvalue weighted by molar-refractivity contribution is 5.78. The minimum atomic E-state index is -1.15. The van der Waals surface area contributed by atoms with Crippen molar-refractivity contribution in [2.75, 3.05) is 7.11 Å². The second kappa shape index (κ2) is 7.43. The highest BCUT2D eigenvalue weighted by atomic mass is 19.1. The van der Waals surface area contributed by atoms with Crippen LogP contribution in [0.3, 0.4) is 0 Å². The summed E-state index contributed by atoms with van der Waals surface area (Å²) in [6.07, 6.45) is 2.98. The van der Waals surface area contributed by atoms with Gasteiger partial charge in [-0.25, -0.2) is 9.18 Å². The van der Waals surface area contributed by atoms with Gasteiger partial charge in [0, 0.05) is 6.07 Å². The van der Waals surface area contributed by atoms with Gasteiger partial charge in [-0.1, -0.05) is 20.3 Å². The average Bonchev–Trinajstić information content (AvgIpc) is 2.42. The van der Waals surface area contributed by atoms with Crippen LogP contribution in [-0.2, 0) is 9.53 Å². The van der Waals surface area contributed by atoms with E-state index < -0.39 is 11.6 Å². The van der Waals surface area contributed by atoms with Gasteiger partial charge in [0.2, 0.25) is 0 Å². The molecule has 0 bridgehead atoms. The molecule has 1 aromatic rings. The van der Waals surface area contributed by atoms with E-state index in [9.17, 15) is 9.18 Å². The first-order valence-corrected chi connectivity index (χ1v) is 7.42. The van der Waals surface area contributed by atoms with Gasteiger partial charge in [-0.3, -0.25) is 0 Å². The van der Waals surface area contributed by atoms with Crippen molar-refractivity contribution in [1.29, 1.82) is 0 Å². The van der Waals surface area contributed by atoms with Crippen LogP contribution in [0.25, 0.3) is 0 Å². The Bertz CT molecular complexity index is 483. The standard InChI is InChI=1S/C17H25FO3/c1-6-8-12(7-2)13-9-14(18)11-15(10-13)21-17(3,4)16(19)20-5/h9-12H,6-8H2,1-5H3. The molecule has 0 aliphatic carbocycles. The summed E-state index contributed by atoms with van der Waals surface area (Å²) in [5.41, 5.74) is -0.234. The van der Waals surface area contributed by atoms with Crippen LogP contribution in [0.5, 0.6) is 5.75 Å². The van der Waals surface area contributed by atoms with Gasteiger partial charge in [0.05, 0.1) is 7.11 Å². The molecule has 1 atom stereocenters. The molecule has 118 valence electrons. The van der Waals surface area contributed by atoms with Crippen molar-refractivity contribution in [3.63, 3.8) is 0 Å². The third-order valence-electron chi connectivity index (χ3n) is 3.54. The zero-order valence-corrected chi connectivity index (χ0v) is 13.5. The molecule has 4 heteroatoms. The number of hydrogen-bond acceptors (Lipinski definition) is 3. The van der Waals surface area contributed by atoms with Crippen LogP contribution in [0.1, 0.15) is 58.4 Å². The quantitative estimate of drug-likeness (QED) is 0.697. The average molecular weight is 296 g/mol. The largest absolute Gasteiger partial charge is 0.476 e. The number of carbonyl (C=O) groups is 1. The van der Waals surface area contributed by atoms with Crippen LogP contribution in [0.15, 0.2) is 18.2 Å². The summed E-state index contributed by atoms with van der Waals surface area (Å²) in [5, 5.41) is 0. The molecule has 0 radical (unpaired) electrons. The van der Waals surface area contributed by atoms with Gasteiger partial charge in [-0.15, -0.1) is 0 Å². The summed E-state index contributed by atoms with van der Waals surface area (Å²) in [6, 6.07) is 4.66. The Morgan fingerprint density at radius 3 is 2.48 bits per heavy atom. The van der Waals surface area contributed by atoms with Crippen molar-refractivity contribution in [3.8, 4) is 5.75 Å². The maximum absolute atomic E-state index is 13.8. The maximum atomic E-state index is 13.8. The molecule has 0 saturated carbocycles. The van der Waals surface area contributed by atoms with E-state index in [1.807, 2.05) is 6.07 Å². The Morgan fingerprint density at radius 2 is 1.95 bits per heavy atom. The summed E-state index contributed by atoms with van der Waals surface area (Å²) in [4.78, 5) is 11.7. The highest BCUT2D eigenvalue weighted by Gasteiger charge is 2.31. The fourth-order valence-electron chi connectivity index (χ4n) is 2.42. The lowest BCUT2D eigenvalue weighted by Crippen LogP contribution is -2.39. The first-order valence-electron chi connectivity index (χ1n) is 7.42. The minimum Gasteiger partial charge on any atom is -0.476 e. The van der Waals surface area contributed by atoms with Crippen LogP contribution < -0.4 is 4.74 Å². The predicted molar refractivity (Wildman–Crippen MR) is 81.1 cm³/mol. The Labute approximate surface area is 126 Å². The number of methoxy groups -OCH3 is 1. The van der Waals surface area contributed by atoms with Gasteiger partial charge < -0.3 is 9.47 Å². The summed E-state index contributed by atoms with van der Waals surface area (Å²) in [6.45, 7) is 7.41. The number of benzene rings is 1. The summed E-state index contributed by atoms with van der Waals surface area (Å²) in [5.74, 6) is -0.184. The molecule has 1 aromatic carbocycles. The van der Waals surface area contributed by atoms with Crippen molar-refractivity contribution >= 4 is 5.97 Å². The predicted octanol–water partition coefficient (Wildman–Crippen LogP) is 4.45. The van der Waals surface area contributed by atoms with Gasteiger partial charge in [0.15, 0.2) is 5.60 Å². The first-order chi connectivity index (χ1) is 9.83. The van der Waals surface area contributed by atoms with E-state index in [2.05, 4.69) is 13.8 Å². The SMILES string of the molecule is CCCC(CC)c1cc(F)cc(OC(C)(C)C(=O)OC)c1. The lowest BCUT2D eigenvalue weighted by Gasteiger charge is -2.24. The van der Waals surface area contributed by atoms with Crippen molar-refractivity contribution in [3.05, 3.63) is 29.6 Å². The van der Waals surface area contributed by atoms with E-state index >= 15 is 0 Å². The first kappa shape index (κ1) is 17.5. The number of ether oxygens (including phenoxy) is 2. The molecule has 0 spiro atoms. The number of esters is 1. The van der Waals surface area contributed by atoms with Gasteiger partial charge in [-0.05, 0) is 50.3 Å². The summed E-state index contributed by atoms with van der Waals surface area (Å²) in [7, 11) is 1.30. The van der Waals surface area contributed by atoms with Crippen molar-refractivity contribution < 1.29 is 18.7 Å². The summed E-state index contributed by atoms with van der Waals surface area (Å²) >= 11 is 0. The molecule has 0 aliphatic rings. The molecule has 0 N–H and O–H groups in total. The zero-order valence-electron chi connectivity index (χ0n) is 13.5. The molecule has 1 unspecified atom stereocenters. The van der Waals surface area contributed by atoms with Crippen LogP contribution in [-0.4, -0.2) is 18.7 Å². The zero-order chi connectivity index (χ0) is 16.0. The van der Waals surface area contributed by atoms with Crippen molar-refractivity contribution in [2.24, 2.45) is 0 Å². The molecule has 3 nitrogen and oxygen atoms in total. The van der Waals surface area contributed by atoms with Crippen molar-refractivity contribution in [2.45, 2.75) is 58.5 Å². The Kier molecular flexibility index (Phi) is 6.19. The lowest BCUT2D eigenvalue weighted by molar-refractivity contribution is -0.156. The molecule has 0 aromatic heterocycles. The number of rotatable bonds is 7. The van der Waals surface area contributed by atoms with Gasteiger partial charge in [0.1, 0.15) is 11.6 Å². The van der Waals surface area contributed by atoms with Crippen LogP contribution in [0.4, 0.5) is 4.39 Å².